The second-order valence-corrected chi connectivity index (χ2v) is 7.49. The molecule has 2 aromatic carbocycles. The number of benzene rings is 2. The summed E-state index contributed by atoms with van der Waals surface area (Å²) in [5.74, 6) is 0.521. The minimum Gasteiger partial charge on any atom is -0.494 e. The van der Waals surface area contributed by atoms with Crippen LogP contribution in [-0.4, -0.2) is 27.8 Å². The second kappa shape index (κ2) is 7.44. The highest BCUT2D eigenvalue weighted by atomic mass is 32.1. The molecule has 28 heavy (non-hydrogen) atoms. The van der Waals surface area contributed by atoms with Crippen LogP contribution in [0, 0.1) is 6.92 Å². The monoisotopic (exact) mass is 392 g/mol. The van der Waals surface area contributed by atoms with Crippen molar-refractivity contribution in [1.29, 1.82) is 0 Å². The molecule has 0 unspecified atom stereocenters. The van der Waals surface area contributed by atoms with E-state index in [4.69, 9.17) is 9.72 Å². The van der Waals surface area contributed by atoms with Gasteiger partial charge in [-0.15, -0.1) is 0 Å². The van der Waals surface area contributed by atoms with Crippen molar-refractivity contribution in [3.05, 3.63) is 71.5 Å². The molecule has 0 spiro atoms. The van der Waals surface area contributed by atoms with Gasteiger partial charge >= 0.3 is 0 Å². The van der Waals surface area contributed by atoms with Gasteiger partial charge in [0.05, 0.1) is 18.4 Å². The molecule has 0 bridgehead atoms. The predicted octanol–water partition coefficient (Wildman–Crippen LogP) is 4.19. The number of rotatable bonds is 5. The number of hydrogen-bond acceptors (Lipinski definition) is 5. The van der Waals surface area contributed by atoms with Gasteiger partial charge in [-0.3, -0.25) is 14.4 Å². The lowest BCUT2D eigenvalue weighted by Gasteiger charge is -2.19. The molecule has 0 saturated heterocycles. The summed E-state index contributed by atoms with van der Waals surface area (Å²) in [4.78, 5) is 19.7. The number of aryl methyl sites for hydroxylation is 2. The number of amides is 1. The Morgan fingerprint density at radius 1 is 1.18 bits per heavy atom. The largest absolute Gasteiger partial charge is 0.494 e. The van der Waals surface area contributed by atoms with Crippen molar-refractivity contribution in [2.24, 2.45) is 7.05 Å². The fourth-order valence-electron chi connectivity index (χ4n) is 3.04. The van der Waals surface area contributed by atoms with Gasteiger partial charge in [-0.25, -0.2) is 4.98 Å². The number of aromatic nitrogens is 3. The van der Waals surface area contributed by atoms with Gasteiger partial charge in [-0.1, -0.05) is 47.7 Å². The van der Waals surface area contributed by atoms with E-state index in [2.05, 4.69) is 5.10 Å². The number of carbonyl (C=O) groups excluding carboxylic acids is 1. The third-order valence-electron chi connectivity index (χ3n) is 4.50. The van der Waals surface area contributed by atoms with E-state index in [0.29, 0.717) is 23.1 Å². The Morgan fingerprint density at radius 2 is 1.96 bits per heavy atom. The molecule has 4 aromatic rings. The van der Waals surface area contributed by atoms with E-state index in [0.717, 1.165) is 21.3 Å². The highest BCUT2D eigenvalue weighted by Gasteiger charge is 2.24. The van der Waals surface area contributed by atoms with Crippen molar-refractivity contribution >= 4 is 32.6 Å². The summed E-state index contributed by atoms with van der Waals surface area (Å²) in [7, 11) is 3.42. The number of hydrogen-bond donors (Lipinski definition) is 0. The maximum Gasteiger partial charge on any atom is 0.280 e. The molecule has 0 saturated carbocycles. The van der Waals surface area contributed by atoms with Gasteiger partial charge in [-0.2, -0.15) is 5.10 Å². The summed E-state index contributed by atoms with van der Waals surface area (Å²) >= 11 is 1.49. The minimum absolute atomic E-state index is 0.180. The molecule has 0 N–H and O–H groups in total. The van der Waals surface area contributed by atoms with Crippen molar-refractivity contribution in [1.82, 2.24) is 14.8 Å². The maximum atomic E-state index is 13.3. The lowest BCUT2D eigenvalue weighted by molar-refractivity contribution is 0.0979. The molecule has 4 rings (SSSR count). The summed E-state index contributed by atoms with van der Waals surface area (Å²) in [6, 6.07) is 15.5. The average molecular weight is 392 g/mol. The van der Waals surface area contributed by atoms with E-state index < -0.39 is 0 Å². The first kappa shape index (κ1) is 18.2. The Bertz CT molecular complexity index is 1130. The van der Waals surface area contributed by atoms with E-state index in [1.165, 1.54) is 11.3 Å². The van der Waals surface area contributed by atoms with Gasteiger partial charge in [0.15, 0.2) is 10.8 Å². The molecule has 0 aliphatic heterocycles. The Kier molecular flexibility index (Phi) is 4.83. The number of methoxy groups -OCH3 is 1. The van der Waals surface area contributed by atoms with E-state index in [1.807, 2.05) is 49.4 Å². The molecule has 2 heterocycles. The molecular formula is C21H20N4O2S. The molecule has 2 aromatic heterocycles. The van der Waals surface area contributed by atoms with Gasteiger partial charge in [0.2, 0.25) is 0 Å². The van der Waals surface area contributed by atoms with Crippen molar-refractivity contribution < 1.29 is 9.53 Å². The molecule has 0 aliphatic rings. The molecule has 6 nitrogen and oxygen atoms in total. The van der Waals surface area contributed by atoms with Gasteiger partial charge in [0, 0.05) is 13.2 Å². The zero-order chi connectivity index (χ0) is 19.7. The first-order valence-corrected chi connectivity index (χ1v) is 9.68. The number of nitrogens with zero attached hydrogens (tertiary/aromatic N) is 4. The van der Waals surface area contributed by atoms with Gasteiger partial charge in [0.25, 0.3) is 5.91 Å². The van der Waals surface area contributed by atoms with Crippen LogP contribution in [0.3, 0.4) is 0 Å². The van der Waals surface area contributed by atoms with Crippen LogP contribution in [-0.2, 0) is 13.6 Å². The van der Waals surface area contributed by atoms with Crippen LogP contribution in [0.2, 0.25) is 0 Å². The summed E-state index contributed by atoms with van der Waals surface area (Å²) in [5.41, 5.74) is 3.29. The van der Waals surface area contributed by atoms with Crippen LogP contribution >= 0.6 is 11.3 Å². The topological polar surface area (TPSA) is 60.2 Å². The third-order valence-corrected chi connectivity index (χ3v) is 5.72. The number of thiazole rings is 1. The molecule has 0 aliphatic carbocycles. The van der Waals surface area contributed by atoms with E-state index in [-0.39, 0.29) is 5.91 Å². The smallest absolute Gasteiger partial charge is 0.280 e. The summed E-state index contributed by atoms with van der Waals surface area (Å²) in [6.45, 7) is 2.45. The molecule has 0 fully saturated rings. The molecule has 142 valence electrons. The first-order valence-electron chi connectivity index (χ1n) is 8.86. The van der Waals surface area contributed by atoms with Gasteiger partial charge < -0.3 is 4.74 Å². The SMILES string of the molecule is COc1ccc(C)c2sc(N(Cc3ccccc3)C(=O)c3ccn(C)n3)nc12. The number of fused-ring (bicyclic) bond motifs is 1. The predicted molar refractivity (Wildman–Crippen MR) is 111 cm³/mol. The second-order valence-electron chi connectivity index (χ2n) is 6.51. The standard InChI is InChI=1S/C21H20N4O2S/c1-14-9-10-17(27-3)18-19(14)28-21(22-18)25(13-15-7-5-4-6-8-15)20(26)16-11-12-24(2)23-16/h4-12H,13H2,1-3H3. The number of anilines is 1. The van der Waals surface area contributed by atoms with Crippen LogP contribution in [0.4, 0.5) is 5.13 Å². The van der Waals surface area contributed by atoms with Crippen molar-refractivity contribution in [2.45, 2.75) is 13.5 Å². The van der Waals surface area contributed by atoms with E-state index >= 15 is 0 Å². The average Bonchev–Trinajstić information content (AvgIpc) is 3.34. The lowest BCUT2D eigenvalue weighted by atomic mass is 10.2. The first-order chi connectivity index (χ1) is 13.6. The molecule has 1 amide bonds. The lowest BCUT2D eigenvalue weighted by Crippen LogP contribution is -2.30. The van der Waals surface area contributed by atoms with Crippen molar-refractivity contribution in [3.63, 3.8) is 0 Å². The maximum absolute atomic E-state index is 13.3. The van der Waals surface area contributed by atoms with E-state index in [9.17, 15) is 4.79 Å². The number of carbonyl (C=O) groups is 1. The highest BCUT2D eigenvalue weighted by Crippen LogP contribution is 2.37. The zero-order valence-electron chi connectivity index (χ0n) is 15.9. The third kappa shape index (κ3) is 3.36. The summed E-state index contributed by atoms with van der Waals surface area (Å²) in [6.07, 6.45) is 1.76. The molecule has 0 radical (unpaired) electrons. The summed E-state index contributed by atoms with van der Waals surface area (Å²) < 4.78 is 8.11. The van der Waals surface area contributed by atoms with E-state index in [1.54, 1.807) is 36.0 Å². The molecular weight excluding hydrogens is 372 g/mol. The van der Waals surface area contributed by atoms with Crippen molar-refractivity contribution in [2.75, 3.05) is 12.0 Å². The Labute approximate surface area is 167 Å². The summed E-state index contributed by atoms with van der Waals surface area (Å²) in [5, 5.41) is 4.91. The fourth-order valence-corrected chi connectivity index (χ4v) is 4.09. The highest BCUT2D eigenvalue weighted by molar-refractivity contribution is 7.22. The fraction of sp³-hybridized carbons (Fsp3) is 0.190. The Balaban J connectivity index is 1.82. The Morgan fingerprint density at radius 3 is 2.64 bits per heavy atom. The van der Waals surface area contributed by atoms with Crippen molar-refractivity contribution in [3.8, 4) is 5.75 Å². The van der Waals surface area contributed by atoms with Crippen LogP contribution in [0.5, 0.6) is 5.75 Å². The normalized spacial score (nSPS) is 11.0. The Hall–Kier alpha value is -3.19. The zero-order valence-corrected chi connectivity index (χ0v) is 16.7. The van der Waals surface area contributed by atoms with Crippen LogP contribution in [0.15, 0.2) is 54.7 Å². The minimum atomic E-state index is -0.180. The van der Waals surface area contributed by atoms with Gasteiger partial charge in [0.1, 0.15) is 11.3 Å². The van der Waals surface area contributed by atoms with Gasteiger partial charge in [-0.05, 0) is 30.2 Å². The number of ether oxygens (including phenoxy) is 1. The molecule has 7 heteroatoms. The molecule has 0 atom stereocenters. The quantitative estimate of drug-likeness (QED) is 0.511. The van der Waals surface area contributed by atoms with Crippen LogP contribution in [0.1, 0.15) is 21.6 Å². The van der Waals surface area contributed by atoms with Crippen LogP contribution in [0.25, 0.3) is 10.2 Å². The van der Waals surface area contributed by atoms with Crippen LogP contribution < -0.4 is 9.64 Å².